The SMILES string of the molecule is FC(F)(F)c1ccc(C(F)(F)F)c2c1-c1cccc[n+]1C1C2CC12c1ccccc1-c1ccc(-c3ccccc3)c[n+]12. The standard InChI is InChI=1S/C34H22F6N2/c35-33(36,37)25-14-15-26(34(38,39)40)30-28-12-6-7-17-41(28)31-23(29(25)30)18-32(31)24-11-5-4-10-22(24)27-16-13-21(19-42(27)32)20-8-2-1-3-9-20/h1-17,19,23,31H,18H2/q+2. The van der Waals surface area contributed by atoms with Crippen LogP contribution in [0.15, 0.2) is 109 Å². The van der Waals surface area contributed by atoms with Gasteiger partial charge >= 0.3 is 12.4 Å². The van der Waals surface area contributed by atoms with Crippen molar-refractivity contribution in [3.05, 3.63) is 132 Å². The first kappa shape index (κ1) is 25.3. The number of benzene rings is 3. The maximum atomic E-state index is 14.5. The van der Waals surface area contributed by atoms with E-state index >= 15 is 0 Å². The van der Waals surface area contributed by atoms with Crippen LogP contribution in [0.25, 0.3) is 33.6 Å². The van der Waals surface area contributed by atoms with E-state index in [1.807, 2.05) is 72.9 Å². The fourth-order valence-electron chi connectivity index (χ4n) is 7.67. The maximum absolute atomic E-state index is 14.5. The molecule has 2 nitrogen and oxygen atoms in total. The fourth-order valence-corrected chi connectivity index (χ4v) is 7.67. The van der Waals surface area contributed by atoms with Crippen molar-refractivity contribution in [3.8, 4) is 33.6 Å². The molecule has 0 amide bonds. The maximum Gasteiger partial charge on any atom is 0.417 e. The van der Waals surface area contributed by atoms with E-state index in [9.17, 15) is 26.3 Å². The summed E-state index contributed by atoms with van der Waals surface area (Å²) >= 11 is 0. The van der Waals surface area contributed by atoms with E-state index in [1.165, 1.54) is 6.07 Å². The molecule has 3 atom stereocenters. The van der Waals surface area contributed by atoms with Gasteiger partial charge in [-0.05, 0) is 41.5 Å². The van der Waals surface area contributed by atoms with Gasteiger partial charge in [0.25, 0.3) is 5.54 Å². The zero-order valence-electron chi connectivity index (χ0n) is 21.9. The highest BCUT2D eigenvalue weighted by atomic mass is 19.4. The van der Waals surface area contributed by atoms with Crippen molar-refractivity contribution in [1.29, 1.82) is 0 Å². The number of pyridine rings is 2. The summed E-state index contributed by atoms with van der Waals surface area (Å²) in [6, 6.07) is 27.1. The molecule has 1 fully saturated rings. The van der Waals surface area contributed by atoms with Crippen LogP contribution in [0.5, 0.6) is 0 Å². The smallest absolute Gasteiger partial charge is 0.187 e. The lowest BCUT2D eigenvalue weighted by atomic mass is 9.55. The summed E-state index contributed by atoms with van der Waals surface area (Å²) in [6.07, 6.45) is -5.65. The molecule has 5 aromatic rings. The molecule has 2 aliphatic heterocycles. The Balaban J connectivity index is 1.43. The van der Waals surface area contributed by atoms with Crippen LogP contribution >= 0.6 is 0 Å². The van der Waals surface area contributed by atoms with Crippen molar-refractivity contribution in [3.63, 3.8) is 0 Å². The number of rotatable bonds is 1. The van der Waals surface area contributed by atoms with Gasteiger partial charge in [-0.2, -0.15) is 35.5 Å². The molecule has 1 aliphatic carbocycles. The van der Waals surface area contributed by atoms with E-state index < -0.39 is 41.0 Å². The largest absolute Gasteiger partial charge is 0.417 e. The van der Waals surface area contributed by atoms with Gasteiger partial charge in [-0.25, -0.2) is 0 Å². The topological polar surface area (TPSA) is 7.76 Å². The van der Waals surface area contributed by atoms with Gasteiger partial charge in [0, 0.05) is 35.7 Å². The Hall–Kier alpha value is -4.46. The molecule has 2 aromatic heterocycles. The third-order valence-corrected chi connectivity index (χ3v) is 9.23. The van der Waals surface area contributed by atoms with Crippen LogP contribution in [0, 0.1) is 0 Å². The first-order chi connectivity index (χ1) is 20.1. The number of halogens is 6. The third-order valence-electron chi connectivity index (χ3n) is 9.23. The fraction of sp³-hybridized carbons (Fsp3) is 0.176. The van der Waals surface area contributed by atoms with Crippen molar-refractivity contribution in [2.75, 3.05) is 0 Å². The lowest BCUT2D eigenvalue weighted by Crippen LogP contribution is -2.74. The van der Waals surface area contributed by atoms with Crippen LogP contribution in [0.3, 0.4) is 0 Å². The van der Waals surface area contributed by atoms with Crippen molar-refractivity contribution < 1.29 is 35.5 Å². The lowest BCUT2D eigenvalue weighted by Gasteiger charge is -2.48. The number of nitrogens with zero attached hydrogens (tertiary/aromatic N) is 2. The molecule has 0 radical (unpaired) electrons. The minimum absolute atomic E-state index is 0.136. The Labute approximate surface area is 237 Å². The van der Waals surface area contributed by atoms with Crippen LogP contribution in [0.2, 0.25) is 0 Å². The first-order valence-electron chi connectivity index (χ1n) is 13.6. The zero-order chi connectivity index (χ0) is 29.0. The van der Waals surface area contributed by atoms with E-state index in [4.69, 9.17) is 0 Å². The molecule has 1 saturated carbocycles. The highest BCUT2D eigenvalue weighted by molar-refractivity contribution is 5.74. The summed E-state index contributed by atoms with van der Waals surface area (Å²) in [6.45, 7) is 0. The van der Waals surface area contributed by atoms with Crippen molar-refractivity contribution in [2.45, 2.75) is 36.3 Å². The molecule has 3 aromatic carbocycles. The van der Waals surface area contributed by atoms with Gasteiger partial charge in [0.15, 0.2) is 12.4 Å². The Kier molecular flexibility index (Phi) is 5.00. The molecular formula is C34H22F6N2+2. The zero-order valence-corrected chi connectivity index (χ0v) is 21.9. The summed E-state index contributed by atoms with van der Waals surface area (Å²) in [7, 11) is 0. The van der Waals surface area contributed by atoms with Crippen LogP contribution in [-0.2, 0) is 17.9 Å². The van der Waals surface area contributed by atoms with E-state index in [0.717, 1.165) is 27.9 Å². The van der Waals surface area contributed by atoms with Gasteiger partial charge in [-0.15, -0.1) is 0 Å². The van der Waals surface area contributed by atoms with Crippen molar-refractivity contribution in [1.82, 2.24) is 0 Å². The minimum atomic E-state index is -4.82. The predicted molar refractivity (Wildman–Crippen MR) is 143 cm³/mol. The molecular weight excluding hydrogens is 550 g/mol. The van der Waals surface area contributed by atoms with E-state index in [1.54, 1.807) is 22.9 Å². The molecule has 42 heavy (non-hydrogen) atoms. The molecule has 0 bridgehead atoms. The molecule has 3 aliphatic rings. The first-order valence-corrected chi connectivity index (χ1v) is 13.6. The average Bonchev–Trinajstić information content (AvgIpc) is 3.26. The monoisotopic (exact) mass is 572 g/mol. The Morgan fingerprint density at radius 2 is 1.33 bits per heavy atom. The number of hydrogen-bond acceptors (Lipinski definition) is 0. The van der Waals surface area contributed by atoms with Crippen molar-refractivity contribution in [2.24, 2.45) is 0 Å². The molecule has 0 saturated heterocycles. The molecule has 208 valence electrons. The number of fused-ring (bicyclic) bond motifs is 12. The average molecular weight is 573 g/mol. The Morgan fingerprint density at radius 3 is 2.10 bits per heavy atom. The van der Waals surface area contributed by atoms with Crippen LogP contribution < -0.4 is 9.13 Å². The summed E-state index contributed by atoms with van der Waals surface area (Å²) in [5.74, 6) is -0.786. The van der Waals surface area contributed by atoms with Gasteiger partial charge in [0.2, 0.25) is 17.4 Å². The number of aromatic nitrogens is 2. The summed E-state index contributed by atoms with van der Waals surface area (Å²) in [5, 5.41) is 0. The van der Waals surface area contributed by atoms with Gasteiger partial charge in [-0.3, -0.25) is 0 Å². The lowest BCUT2D eigenvalue weighted by molar-refractivity contribution is -0.852. The summed E-state index contributed by atoms with van der Waals surface area (Å²) < 4.78 is 90.4. The molecule has 8 heteroatoms. The Bertz CT molecular complexity index is 1910. The van der Waals surface area contributed by atoms with Crippen LogP contribution in [0.4, 0.5) is 26.3 Å². The normalized spacial score (nSPS) is 21.6. The van der Waals surface area contributed by atoms with E-state index in [2.05, 4.69) is 4.57 Å². The summed E-state index contributed by atoms with van der Waals surface area (Å²) in [4.78, 5) is 0. The second-order valence-corrected chi connectivity index (χ2v) is 11.2. The van der Waals surface area contributed by atoms with Crippen LogP contribution in [-0.4, -0.2) is 0 Å². The predicted octanol–water partition coefficient (Wildman–Crippen LogP) is 8.10. The number of hydrogen-bond donors (Lipinski definition) is 0. The van der Waals surface area contributed by atoms with E-state index in [-0.39, 0.29) is 23.2 Å². The second kappa shape index (κ2) is 8.31. The van der Waals surface area contributed by atoms with Crippen LogP contribution in [0.1, 0.15) is 40.6 Å². The minimum Gasteiger partial charge on any atom is -0.187 e. The van der Waals surface area contributed by atoms with Gasteiger partial charge in [-0.1, -0.05) is 48.5 Å². The van der Waals surface area contributed by atoms with Gasteiger partial charge in [0.05, 0.1) is 28.2 Å². The molecule has 8 rings (SSSR count). The summed E-state index contributed by atoms with van der Waals surface area (Å²) in [5.41, 5.74) is 1.46. The van der Waals surface area contributed by atoms with Gasteiger partial charge in [0.1, 0.15) is 0 Å². The van der Waals surface area contributed by atoms with Crippen molar-refractivity contribution >= 4 is 0 Å². The highest BCUT2D eigenvalue weighted by Crippen LogP contribution is 2.65. The quantitative estimate of drug-likeness (QED) is 0.142. The highest BCUT2D eigenvalue weighted by Gasteiger charge is 2.75. The molecule has 0 N–H and O–H groups in total. The van der Waals surface area contributed by atoms with Gasteiger partial charge < -0.3 is 0 Å². The second-order valence-electron chi connectivity index (χ2n) is 11.2. The van der Waals surface area contributed by atoms with E-state index in [0.29, 0.717) is 12.1 Å². The Morgan fingerprint density at radius 1 is 0.643 bits per heavy atom. The molecule has 3 unspecified atom stereocenters. The number of alkyl halides is 6. The molecule has 4 heterocycles. The molecule has 1 spiro atoms. The third kappa shape index (κ3) is 3.23.